The van der Waals surface area contributed by atoms with Crippen molar-refractivity contribution >= 4 is 10.4 Å². The summed E-state index contributed by atoms with van der Waals surface area (Å²) in [6, 6.07) is 0. The van der Waals surface area contributed by atoms with Crippen LogP contribution in [0.15, 0.2) is 0 Å². The van der Waals surface area contributed by atoms with E-state index in [1.807, 2.05) is 0 Å². The first-order valence-electron chi connectivity index (χ1n) is 6.88. The smallest absolute Gasteiger partial charge is 0.330 e. The minimum absolute atomic E-state index is 0.0813. The van der Waals surface area contributed by atoms with Gasteiger partial charge in [0.25, 0.3) is 0 Å². The van der Waals surface area contributed by atoms with Crippen molar-refractivity contribution in [3.05, 3.63) is 0 Å². The quantitative estimate of drug-likeness (QED) is 0.400. The van der Waals surface area contributed by atoms with Crippen LogP contribution in [0.5, 0.6) is 0 Å². The Morgan fingerprint density at radius 2 is 1.17 bits per heavy atom. The van der Waals surface area contributed by atoms with Gasteiger partial charge in [0.15, 0.2) is 0 Å². The van der Waals surface area contributed by atoms with Gasteiger partial charge in [-0.3, -0.25) is 4.55 Å². The van der Waals surface area contributed by atoms with E-state index in [1.54, 1.807) is 0 Å². The van der Waals surface area contributed by atoms with E-state index < -0.39 is 10.4 Å². The molecule has 110 valence electrons. The van der Waals surface area contributed by atoms with Gasteiger partial charge in [-0.2, -0.15) is 8.42 Å². The fourth-order valence-corrected chi connectivity index (χ4v) is 2.15. The molecule has 0 atom stereocenters. The lowest BCUT2D eigenvalue weighted by Gasteiger charge is -2.02. The van der Waals surface area contributed by atoms with Crippen molar-refractivity contribution in [2.24, 2.45) is 5.73 Å². The van der Waals surface area contributed by atoms with E-state index in [9.17, 15) is 8.42 Å². The van der Waals surface area contributed by atoms with Crippen LogP contribution in [-0.2, 0) is 14.6 Å². The van der Waals surface area contributed by atoms with E-state index in [4.69, 9.17) is 10.3 Å². The van der Waals surface area contributed by atoms with E-state index in [2.05, 4.69) is 4.18 Å². The molecule has 0 fully saturated rings. The first kappa shape index (κ1) is 17.8. The largest absolute Gasteiger partial charge is 0.397 e. The van der Waals surface area contributed by atoms with Gasteiger partial charge < -0.3 is 5.73 Å². The molecule has 0 aliphatic carbocycles. The lowest BCUT2D eigenvalue weighted by molar-refractivity contribution is 0.261. The van der Waals surface area contributed by atoms with Crippen LogP contribution in [0, 0.1) is 0 Å². The van der Waals surface area contributed by atoms with Gasteiger partial charge in [0.1, 0.15) is 0 Å². The number of hydrogen-bond acceptors (Lipinski definition) is 4. The molecule has 0 spiro atoms. The molecule has 0 aliphatic heterocycles. The van der Waals surface area contributed by atoms with Crippen LogP contribution in [0.1, 0.15) is 64.2 Å². The third-order valence-corrected chi connectivity index (χ3v) is 3.30. The maximum atomic E-state index is 10.2. The number of nitrogens with two attached hydrogens (primary N) is 1. The molecule has 0 unspecified atom stereocenters. The van der Waals surface area contributed by atoms with E-state index in [0.29, 0.717) is 6.42 Å². The van der Waals surface area contributed by atoms with Crippen molar-refractivity contribution < 1.29 is 17.2 Å². The molecular formula is C12H27NO4S. The van der Waals surface area contributed by atoms with Crippen LogP contribution in [0.4, 0.5) is 0 Å². The van der Waals surface area contributed by atoms with Crippen LogP contribution in [0.25, 0.3) is 0 Å². The molecule has 6 heteroatoms. The first-order valence-corrected chi connectivity index (χ1v) is 8.24. The third kappa shape index (κ3) is 15.8. The van der Waals surface area contributed by atoms with E-state index in [0.717, 1.165) is 25.8 Å². The fourth-order valence-electron chi connectivity index (χ4n) is 1.82. The number of unbranched alkanes of at least 4 members (excludes halogenated alkanes) is 9. The molecule has 0 aromatic rings. The topological polar surface area (TPSA) is 89.6 Å². The van der Waals surface area contributed by atoms with Gasteiger partial charge in [0, 0.05) is 0 Å². The van der Waals surface area contributed by atoms with E-state index >= 15 is 0 Å². The Morgan fingerprint density at radius 1 is 0.778 bits per heavy atom. The Hall–Kier alpha value is -0.170. The van der Waals surface area contributed by atoms with E-state index in [-0.39, 0.29) is 6.61 Å². The van der Waals surface area contributed by atoms with Crippen molar-refractivity contribution in [1.29, 1.82) is 0 Å². The van der Waals surface area contributed by atoms with Crippen LogP contribution in [0.3, 0.4) is 0 Å². The van der Waals surface area contributed by atoms with Gasteiger partial charge in [0.05, 0.1) is 6.61 Å². The van der Waals surface area contributed by atoms with Crippen molar-refractivity contribution in [2.45, 2.75) is 64.2 Å². The van der Waals surface area contributed by atoms with Crippen LogP contribution in [0.2, 0.25) is 0 Å². The highest BCUT2D eigenvalue weighted by molar-refractivity contribution is 7.80. The first-order chi connectivity index (χ1) is 8.56. The summed E-state index contributed by atoms with van der Waals surface area (Å²) in [5, 5.41) is 0. The SMILES string of the molecule is NCCCCCCCCCCCCOS(=O)(=O)O. The van der Waals surface area contributed by atoms with Crippen molar-refractivity contribution in [1.82, 2.24) is 0 Å². The molecule has 0 saturated heterocycles. The normalized spacial score (nSPS) is 11.9. The highest BCUT2D eigenvalue weighted by Crippen LogP contribution is 2.10. The molecule has 0 aromatic carbocycles. The molecule has 0 heterocycles. The fraction of sp³-hybridized carbons (Fsp3) is 1.00. The second kappa shape index (κ2) is 11.9. The number of hydrogen-bond donors (Lipinski definition) is 2. The van der Waals surface area contributed by atoms with Gasteiger partial charge in [-0.15, -0.1) is 0 Å². The average molecular weight is 281 g/mol. The predicted octanol–water partition coefficient (Wildman–Crippen LogP) is 2.67. The zero-order valence-electron chi connectivity index (χ0n) is 11.1. The van der Waals surface area contributed by atoms with Crippen LogP contribution >= 0.6 is 0 Å². The minimum atomic E-state index is -4.25. The summed E-state index contributed by atoms with van der Waals surface area (Å²) < 4.78 is 33.0. The molecule has 0 saturated carbocycles. The van der Waals surface area contributed by atoms with Gasteiger partial charge in [0.2, 0.25) is 0 Å². The molecular weight excluding hydrogens is 254 g/mol. The Labute approximate surface area is 111 Å². The summed E-state index contributed by atoms with van der Waals surface area (Å²) in [4.78, 5) is 0. The monoisotopic (exact) mass is 281 g/mol. The molecule has 0 rings (SSSR count). The van der Waals surface area contributed by atoms with Gasteiger partial charge in [-0.25, -0.2) is 4.18 Å². The molecule has 18 heavy (non-hydrogen) atoms. The van der Waals surface area contributed by atoms with Gasteiger partial charge in [-0.05, 0) is 19.4 Å². The summed E-state index contributed by atoms with van der Waals surface area (Å²) in [5.74, 6) is 0. The molecule has 0 aromatic heterocycles. The lowest BCUT2D eigenvalue weighted by Crippen LogP contribution is -2.04. The summed E-state index contributed by atoms with van der Waals surface area (Å²) in [6.07, 6.45) is 11.3. The predicted molar refractivity (Wildman–Crippen MR) is 72.7 cm³/mol. The van der Waals surface area contributed by atoms with Crippen molar-refractivity contribution in [3.63, 3.8) is 0 Å². The zero-order valence-corrected chi connectivity index (χ0v) is 12.0. The highest BCUT2D eigenvalue weighted by Gasteiger charge is 2.02. The second-order valence-electron chi connectivity index (χ2n) is 4.57. The summed E-state index contributed by atoms with van der Waals surface area (Å²) in [6.45, 7) is 0.879. The minimum Gasteiger partial charge on any atom is -0.330 e. The lowest BCUT2D eigenvalue weighted by atomic mass is 10.1. The number of rotatable bonds is 13. The Bertz CT molecular complexity index is 267. The zero-order chi connectivity index (χ0) is 13.7. The third-order valence-electron chi connectivity index (χ3n) is 2.83. The molecule has 0 bridgehead atoms. The molecule has 5 nitrogen and oxygen atoms in total. The Balaban J connectivity index is 3.03. The molecule has 3 N–H and O–H groups in total. The summed E-state index contributed by atoms with van der Waals surface area (Å²) >= 11 is 0. The maximum absolute atomic E-state index is 10.2. The highest BCUT2D eigenvalue weighted by atomic mass is 32.3. The second-order valence-corrected chi connectivity index (χ2v) is 5.67. The molecule has 0 aliphatic rings. The van der Waals surface area contributed by atoms with Gasteiger partial charge in [-0.1, -0.05) is 51.4 Å². The summed E-state index contributed by atoms with van der Waals surface area (Å²) in [7, 11) is -4.25. The van der Waals surface area contributed by atoms with Crippen LogP contribution in [-0.4, -0.2) is 26.1 Å². The van der Waals surface area contributed by atoms with Crippen molar-refractivity contribution in [3.8, 4) is 0 Å². The van der Waals surface area contributed by atoms with Crippen LogP contribution < -0.4 is 5.73 Å². The Kier molecular flexibility index (Phi) is 11.8. The average Bonchev–Trinajstić information content (AvgIpc) is 2.29. The molecule has 0 radical (unpaired) electrons. The molecule has 0 amide bonds. The summed E-state index contributed by atoms with van der Waals surface area (Å²) in [5.41, 5.74) is 5.41. The standard InChI is InChI=1S/C12H27NO4S/c13-11-9-7-5-3-1-2-4-6-8-10-12-17-18(14,15)16/h1-13H2,(H,14,15,16). The van der Waals surface area contributed by atoms with E-state index in [1.165, 1.54) is 38.5 Å². The maximum Gasteiger partial charge on any atom is 0.397 e. The van der Waals surface area contributed by atoms with Gasteiger partial charge >= 0.3 is 10.4 Å². The Morgan fingerprint density at radius 3 is 1.56 bits per heavy atom. The van der Waals surface area contributed by atoms with Crippen molar-refractivity contribution in [2.75, 3.05) is 13.2 Å².